The highest BCUT2D eigenvalue weighted by Gasteiger charge is 2.27. The van der Waals surface area contributed by atoms with Crippen molar-refractivity contribution in [1.29, 1.82) is 0 Å². The van der Waals surface area contributed by atoms with Crippen LogP contribution in [0.15, 0.2) is 54.6 Å². The third kappa shape index (κ3) is 5.61. The lowest BCUT2D eigenvalue weighted by atomic mass is 10.1. The van der Waals surface area contributed by atoms with Crippen LogP contribution in [0.3, 0.4) is 0 Å². The number of nitrogens with zero attached hydrogens (tertiary/aromatic N) is 3. The summed E-state index contributed by atoms with van der Waals surface area (Å²) in [5.74, 6) is -0.534. The second kappa shape index (κ2) is 11.2. The maximum atomic E-state index is 13.0. The molecule has 0 aliphatic carbocycles. The monoisotopic (exact) mass is 522 g/mol. The number of hydrogen-bond acceptors (Lipinski definition) is 8. The van der Waals surface area contributed by atoms with Crippen molar-refractivity contribution in [1.82, 2.24) is 10.2 Å². The molecule has 0 bridgehead atoms. The lowest BCUT2D eigenvalue weighted by Gasteiger charge is -2.37. The van der Waals surface area contributed by atoms with Gasteiger partial charge in [-0.2, -0.15) is 0 Å². The van der Waals surface area contributed by atoms with E-state index in [-0.39, 0.29) is 28.9 Å². The van der Waals surface area contributed by atoms with Gasteiger partial charge < -0.3 is 19.3 Å². The largest absolute Gasteiger partial charge is 0.496 e. The Kier molecular flexibility index (Phi) is 7.83. The van der Waals surface area contributed by atoms with Crippen LogP contribution in [0, 0.1) is 10.1 Å². The van der Waals surface area contributed by atoms with E-state index in [0.29, 0.717) is 43.2 Å². The first-order chi connectivity index (χ1) is 17.8. The van der Waals surface area contributed by atoms with Crippen molar-refractivity contribution < 1.29 is 24.0 Å². The van der Waals surface area contributed by atoms with Crippen molar-refractivity contribution in [2.45, 2.75) is 6.92 Å². The van der Waals surface area contributed by atoms with Crippen LogP contribution in [0.5, 0.6) is 5.75 Å². The molecule has 10 nitrogen and oxygen atoms in total. The Bertz CT molecular complexity index is 1370. The van der Waals surface area contributed by atoms with Crippen LogP contribution in [0.4, 0.5) is 11.4 Å². The van der Waals surface area contributed by atoms with Crippen molar-refractivity contribution >= 4 is 51.4 Å². The molecule has 0 aromatic heterocycles. The molecule has 3 aromatic carbocycles. The first-order valence-corrected chi connectivity index (χ1v) is 12.1. The fourth-order valence-corrected chi connectivity index (χ4v) is 4.51. The fraction of sp³-hybridized carbons (Fsp3) is 0.269. The van der Waals surface area contributed by atoms with Crippen molar-refractivity contribution in [3.8, 4) is 5.75 Å². The molecule has 1 fully saturated rings. The van der Waals surface area contributed by atoms with Gasteiger partial charge in [0.15, 0.2) is 5.11 Å². The molecule has 1 amide bonds. The van der Waals surface area contributed by atoms with Gasteiger partial charge in [0.2, 0.25) is 0 Å². The summed E-state index contributed by atoms with van der Waals surface area (Å²) in [6.07, 6.45) is 0. The van der Waals surface area contributed by atoms with E-state index in [1.807, 2.05) is 40.1 Å². The molecule has 0 atom stereocenters. The highest BCUT2D eigenvalue weighted by Crippen LogP contribution is 2.31. The molecule has 0 saturated carbocycles. The Morgan fingerprint density at radius 1 is 1.05 bits per heavy atom. The summed E-state index contributed by atoms with van der Waals surface area (Å²) in [5, 5.41) is 16.6. The molecule has 0 radical (unpaired) electrons. The average molecular weight is 523 g/mol. The molecule has 1 N–H and O–H groups in total. The maximum Gasteiger partial charge on any atom is 0.338 e. The number of nitro benzene ring substituents is 1. The standard InChI is InChI=1S/C26H26N4O6S/c1-3-36-25(32)19-8-9-21(22(15-19)30(33)34)28-10-12-29(13-11-28)26(37)27-24(31)20-14-17-6-4-5-7-18(17)16-23(20)35-2/h4-9,14-16H,3,10-13H2,1-2H3,(H,27,31,37). The number of fused-ring (bicyclic) bond motifs is 1. The molecule has 4 rings (SSSR count). The first-order valence-electron chi connectivity index (χ1n) is 11.7. The Morgan fingerprint density at radius 2 is 1.73 bits per heavy atom. The maximum absolute atomic E-state index is 13.0. The van der Waals surface area contributed by atoms with Gasteiger partial charge in [-0.1, -0.05) is 24.3 Å². The summed E-state index contributed by atoms with van der Waals surface area (Å²) in [7, 11) is 1.51. The van der Waals surface area contributed by atoms with Crippen LogP contribution in [0.2, 0.25) is 0 Å². The summed E-state index contributed by atoms with van der Waals surface area (Å²) >= 11 is 5.49. The van der Waals surface area contributed by atoms with E-state index in [0.717, 1.165) is 10.8 Å². The highest BCUT2D eigenvalue weighted by molar-refractivity contribution is 7.80. The molecule has 0 spiro atoms. The Hall–Kier alpha value is -4.25. The second-order valence-corrected chi connectivity index (χ2v) is 8.70. The van der Waals surface area contributed by atoms with Crippen LogP contribution < -0.4 is 15.0 Å². The van der Waals surface area contributed by atoms with E-state index in [1.54, 1.807) is 19.1 Å². The Labute approximate surface area is 218 Å². The van der Waals surface area contributed by atoms with E-state index >= 15 is 0 Å². The lowest BCUT2D eigenvalue weighted by Crippen LogP contribution is -2.52. The van der Waals surface area contributed by atoms with Crippen molar-refractivity contribution in [3.05, 3.63) is 75.8 Å². The number of hydrogen-bond donors (Lipinski definition) is 1. The molecule has 37 heavy (non-hydrogen) atoms. The predicted molar refractivity (Wildman–Crippen MR) is 143 cm³/mol. The topological polar surface area (TPSA) is 114 Å². The van der Waals surface area contributed by atoms with Crippen LogP contribution >= 0.6 is 12.2 Å². The normalized spacial score (nSPS) is 13.2. The van der Waals surface area contributed by atoms with Gasteiger partial charge in [0.05, 0.1) is 29.8 Å². The summed E-state index contributed by atoms with van der Waals surface area (Å²) in [5.41, 5.74) is 0.746. The molecule has 1 saturated heterocycles. The molecule has 1 heterocycles. The Morgan fingerprint density at radius 3 is 2.35 bits per heavy atom. The van der Waals surface area contributed by atoms with Gasteiger partial charge in [-0.25, -0.2) is 4.79 Å². The number of esters is 1. The van der Waals surface area contributed by atoms with E-state index in [4.69, 9.17) is 21.7 Å². The number of ether oxygens (including phenoxy) is 2. The minimum Gasteiger partial charge on any atom is -0.496 e. The van der Waals surface area contributed by atoms with Gasteiger partial charge in [0.1, 0.15) is 11.4 Å². The summed E-state index contributed by atoms with van der Waals surface area (Å²) < 4.78 is 10.4. The zero-order chi connectivity index (χ0) is 26.5. The number of carbonyl (C=O) groups is 2. The molecule has 192 valence electrons. The minimum atomic E-state index is -0.605. The van der Waals surface area contributed by atoms with Gasteiger partial charge in [-0.05, 0) is 54.2 Å². The number of rotatable bonds is 6. The second-order valence-electron chi connectivity index (χ2n) is 8.31. The Balaban J connectivity index is 1.43. The minimum absolute atomic E-state index is 0.129. The number of nitrogens with one attached hydrogen (secondary N) is 1. The van der Waals surface area contributed by atoms with Gasteiger partial charge in [-0.15, -0.1) is 0 Å². The van der Waals surface area contributed by atoms with E-state index in [2.05, 4.69) is 5.32 Å². The molecule has 3 aromatic rings. The summed E-state index contributed by atoms with van der Waals surface area (Å²) in [6.45, 7) is 3.63. The number of thiocarbonyl (C=S) groups is 1. The van der Waals surface area contributed by atoms with Crippen LogP contribution in [0.1, 0.15) is 27.6 Å². The summed E-state index contributed by atoms with van der Waals surface area (Å²) in [6, 6.07) is 15.6. The quantitative estimate of drug-likeness (QED) is 0.224. The molecule has 1 aliphatic heterocycles. The van der Waals surface area contributed by atoms with Crippen LogP contribution in [-0.4, -0.2) is 66.7 Å². The predicted octanol–water partition coefficient (Wildman–Crippen LogP) is 3.77. The molecule has 1 aliphatic rings. The lowest BCUT2D eigenvalue weighted by molar-refractivity contribution is -0.384. The SMILES string of the molecule is CCOC(=O)c1ccc(N2CCN(C(=S)NC(=O)c3cc4ccccc4cc3OC)CC2)c([N+](=O)[O-])c1. The molecular formula is C26H26N4O6S. The van der Waals surface area contributed by atoms with E-state index < -0.39 is 10.9 Å². The highest BCUT2D eigenvalue weighted by atomic mass is 32.1. The molecule has 0 unspecified atom stereocenters. The number of amides is 1. The zero-order valence-corrected chi connectivity index (χ0v) is 21.2. The number of methoxy groups -OCH3 is 1. The third-order valence-electron chi connectivity index (χ3n) is 6.12. The van der Waals surface area contributed by atoms with Gasteiger partial charge in [0.25, 0.3) is 11.6 Å². The average Bonchev–Trinajstić information content (AvgIpc) is 2.92. The van der Waals surface area contributed by atoms with Crippen molar-refractivity contribution in [3.63, 3.8) is 0 Å². The number of anilines is 1. The number of carbonyl (C=O) groups excluding carboxylic acids is 2. The van der Waals surface area contributed by atoms with Gasteiger partial charge >= 0.3 is 5.97 Å². The number of benzene rings is 3. The van der Waals surface area contributed by atoms with E-state index in [1.165, 1.54) is 19.2 Å². The van der Waals surface area contributed by atoms with Gasteiger partial charge in [-0.3, -0.25) is 20.2 Å². The fourth-order valence-electron chi connectivity index (χ4n) is 4.24. The molecular weight excluding hydrogens is 496 g/mol. The van der Waals surface area contributed by atoms with Crippen LogP contribution in [0.25, 0.3) is 10.8 Å². The smallest absolute Gasteiger partial charge is 0.338 e. The zero-order valence-electron chi connectivity index (χ0n) is 20.4. The first kappa shape index (κ1) is 25.8. The summed E-state index contributed by atoms with van der Waals surface area (Å²) in [4.78, 5) is 39.9. The van der Waals surface area contributed by atoms with Gasteiger partial charge in [0, 0.05) is 32.2 Å². The van der Waals surface area contributed by atoms with E-state index in [9.17, 15) is 19.7 Å². The third-order valence-corrected chi connectivity index (χ3v) is 6.48. The van der Waals surface area contributed by atoms with Crippen molar-refractivity contribution in [2.75, 3.05) is 44.8 Å². The number of piperazine rings is 1. The number of nitro groups is 1. The van der Waals surface area contributed by atoms with Crippen LogP contribution in [-0.2, 0) is 4.74 Å². The van der Waals surface area contributed by atoms with Crippen molar-refractivity contribution in [2.24, 2.45) is 0 Å². The molecule has 11 heteroatoms.